The smallest absolute Gasteiger partial charge is 0.225 e. The Morgan fingerprint density at radius 3 is 3.00 bits per heavy atom. The molecule has 184 valence electrons. The van der Waals surface area contributed by atoms with Gasteiger partial charge in [0.2, 0.25) is 11.8 Å². The average Bonchev–Trinajstić information content (AvgIpc) is 3.62. The highest BCUT2D eigenvalue weighted by atomic mass is 16.5. The lowest BCUT2D eigenvalue weighted by molar-refractivity contribution is 0.0362. The predicted octanol–water partition coefficient (Wildman–Crippen LogP) is 1.73. The largest absolute Gasteiger partial charge is 0.461 e. The standard InChI is InChI=1S/C23H29N9O3/c1-33-13-14-34-17-6-4-16(5-7-17)26-9-8-25-10-11-31-21-18(15-27-31)22-28-20(19-3-2-12-35-19)30-32(22)23(24)29-21/h2-4,6,12,15,17,25H,5,7-11,13-14H2,1H3,(H2,24,29). The van der Waals surface area contributed by atoms with E-state index >= 15 is 0 Å². The Kier molecular flexibility index (Phi) is 7.12. The number of nitrogen functional groups attached to an aromatic ring is 1. The second kappa shape index (κ2) is 10.8. The van der Waals surface area contributed by atoms with Crippen LogP contribution in [0.25, 0.3) is 28.3 Å². The topological polar surface area (TPSA) is 143 Å². The van der Waals surface area contributed by atoms with Crippen molar-refractivity contribution in [3.05, 3.63) is 36.7 Å². The van der Waals surface area contributed by atoms with E-state index in [9.17, 15) is 0 Å². The molecule has 35 heavy (non-hydrogen) atoms. The van der Waals surface area contributed by atoms with Gasteiger partial charge in [-0.3, -0.25) is 4.99 Å². The molecule has 0 radical (unpaired) electrons. The minimum Gasteiger partial charge on any atom is -0.461 e. The van der Waals surface area contributed by atoms with E-state index in [1.165, 1.54) is 4.52 Å². The summed E-state index contributed by atoms with van der Waals surface area (Å²) in [7, 11) is 1.68. The van der Waals surface area contributed by atoms with Crippen molar-refractivity contribution in [2.75, 3.05) is 45.7 Å². The first-order valence-electron chi connectivity index (χ1n) is 11.7. The molecule has 0 fully saturated rings. The van der Waals surface area contributed by atoms with E-state index in [1.54, 1.807) is 31.7 Å². The molecule has 0 bridgehead atoms. The van der Waals surface area contributed by atoms with Gasteiger partial charge in [0.25, 0.3) is 0 Å². The summed E-state index contributed by atoms with van der Waals surface area (Å²) >= 11 is 0. The van der Waals surface area contributed by atoms with E-state index in [4.69, 9.17) is 19.6 Å². The second-order valence-electron chi connectivity index (χ2n) is 8.15. The lowest BCUT2D eigenvalue weighted by Gasteiger charge is -2.18. The molecule has 0 aromatic carbocycles. The number of nitrogens with zero attached hydrogens (tertiary/aromatic N) is 7. The molecule has 0 saturated carbocycles. The van der Waals surface area contributed by atoms with Gasteiger partial charge in [0, 0.05) is 25.9 Å². The van der Waals surface area contributed by atoms with Crippen LogP contribution in [0.4, 0.5) is 5.95 Å². The number of nitrogens with one attached hydrogen (secondary N) is 1. The highest BCUT2D eigenvalue weighted by molar-refractivity contribution is 5.95. The first kappa shape index (κ1) is 23.1. The first-order valence-corrected chi connectivity index (χ1v) is 11.7. The highest BCUT2D eigenvalue weighted by Gasteiger charge is 2.17. The number of allylic oxidation sites excluding steroid dienone is 1. The predicted molar refractivity (Wildman–Crippen MR) is 131 cm³/mol. The highest BCUT2D eigenvalue weighted by Crippen LogP contribution is 2.23. The Balaban J connectivity index is 1.13. The molecular formula is C23H29N9O3. The summed E-state index contributed by atoms with van der Waals surface area (Å²) in [5.74, 6) is 1.27. The number of rotatable bonds is 11. The molecule has 0 amide bonds. The summed E-state index contributed by atoms with van der Waals surface area (Å²) in [4.78, 5) is 13.8. The van der Waals surface area contributed by atoms with Crippen LogP contribution in [0.15, 0.2) is 46.2 Å². The van der Waals surface area contributed by atoms with Crippen LogP contribution < -0.4 is 11.1 Å². The second-order valence-corrected chi connectivity index (χ2v) is 8.15. The molecule has 1 atom stereocenters. The van der Waals surface area contributed by atoms with Crippen molar-refractivity contribution in [1.82, 2.24) is 34.7 Å². The molecule has 12 heteroatoms. The SMILES string of the molecule is COCCOC1C=CC(=NCCNCCn2ncc3c2nc(N)n2nc(-c4ccco4)nc32)CC1. The van der Waals surface area contributed by atoms with E-state index in [2.05, 4.69) is 42.6 Å². The Labute approximate surface area is 201 Å². The maximum absolute atomic E-state index is 6.15. The van der Waals surface area contributed by atoms with Crippen LogP contribution in [-0.2, 0) is 16.0 Å². The van der Waals surface area contributed by atoms with Gasteiger partial charge in [-0.05, 0) is 31.1 Å². The number of furan rings is 1. The van der Waals surface area contributed by atoms with E-state index in [0.717, 1.165) is 43.6 Å². The van der Waals surface area contributed by atoms with Crippen molar-refractivity contribution < 1.29 is 13.9 Å². The van der Waals surface area contributed by atoms with Gasteiger partial charge in [0.15, 0.2) is 17.1 Å². The van der Waals surface area contributed by atoms with Gasteiger partial charge in [-0.25, -0.2) is 9.67 Å². The average molecular weight is 480 g/mol. The molecule has 4 heterocycles. The van der Waals surface area contributed by atoms with Gasteiger partial charge in [-0.1, -0.05) is 6.08 Å². The third-order valence-corrected chi connectivity index (χ3v) is 5.75. The lowest BCUT2D eigenvalue weighted by Crippen LogP contribution is -2.24. The van der Waals surface area contributed by atoms with Gasteiger partial charge in [0.05, 0.1) is 50.3 Å². The number of aromatic nitrogens is 6. The Morgan fingerprint density at radius 1 is 1.26 bits per heavy atom. The maximum Gasteiger partial charge on any atom is 0.225 e. The molecule has 3 N–H and O–H groups in total. The van der Waals surface area contributed by atoms with Crippen LogP contribution in [-0.4, -0.2) is 81.1 Å². The Morgan fingerprint density at radius 2 is 2.20 bits per heavy atom. The van der Waals surface area contributed by atoms with E-state index < -0.39 is 0 Å². The third-order valence-electron chi connectivity index (χ3n) is 5.75. The number of methoxy groups -OCH3 is 1. The Hall–Kier alpha value is -3.61. The number of anilines is 1. The molecule has 0 saturated heterocycles. The number of hydrogen-bond donors (Lipinski definition) is 2. The molecule has 1 unspecified atom stereocenters. The first-order chi connectivity index (χ1) is 17.2. The minimum absolute atomic E-state index is 0.157. The molecule has 12 nitrogen and oxygen atoms in total. The van der Waals surface area contributed by atoms with Crippen LogP contribution in [0, 0.1) is 0 Å². The zero-order valence-electron chi connectivity index (χ0n) is 19.6. The molecule has 1 aliphatic carbocycles. The fourth-order valence-electron chi connectivity index (χ4n) is 3.96. The van der Waals surface area contributed by atoms with Gasteiger partial charge in [-0.2, -0.15) is 14.6 Å². The molecule has 4 aromatic heterocycles. The molecule has 5 rings (SSSR count). The summed E-state index contributed by atoms with van der Waals surface area (Å²) in [6.45, 7) is 4.10. The summed E-state index contributed by atoms with van der Waals surface area (Å²) in [5, 5.41) is 13.1. The summed E-state index contributed by atoms with van der Waals surface area (Å²) in [6.07, 6.45) is 9.51. The van der Waals surface area contributed by atoms with E-state index in [1.807, 2.05) is 4.68 Å². The van der Waals surface area contributed by atoms with Gasteiger partial charge >= 0.3 is 0 Å². The summed E-state index contributed by atoms with van der Waals surface area (Å²) in [5.41, 5.74) is 8.53. The zero-order chi connectivity index (χ0) is 24.0. The monoisotopic (exact) mass is 479 g/mol. The molecule has 0 spiro atoms. The third kappa shape index (κ3) is 5.24. The van der Waals surface area contributed by atoms with Crippen molar-refractivity contribution in [2.45, 2.75) is 25.5 Å². The number of ether oxygens (including phenoxy) is 2. The van der Waals surface area contributed by atoms with Gasteiger partial charge in [-0.15, -0.1) is 5.10 Å². The molecular weight excluding hydrogens is 450 g/mol. The summed E-state index contributed by atoms with van der Waals surface area (Å²) < 4.78 is 19.5. The van der Waals surface area contributed by atoms with E-state index in [-0.39, 0.29) is 12.1 Å². The van der Waals surface area contributed by atoms with Crippen LogP contribution in [0.2, 0.25) is 0 Å². The van der Waals surface area contributed by atoms with Gasteiger partial charge < -0.3 is 24.9 Å². The van der Waals surface area contributed by atoms with Gasteiger partial charge in [0.1, 0.15) is 0 Å². The van der Waals surface area contributed by atoms with Crippen molar-refractivity contribution in [2.24, 2.45) is 4.99 Å². The van der Waals surface area contributed by atoms with E-state index in [0.29, 0.717) is 42.6 Å². The fraction of sp³-hybridized carbons (Fsp3) is 0.435. The molecule has 1 aliphatic rings. The summed E-state index contributed by atoms with van der Waals surface area (Å²) in [6, 6.07) is 3.59. The fourth-order valence-corrected chi connectivity index (χ4v) is 3.96. The maximum atomic E-state index is 6.15. The number of aliphatic imine (C=N–C) groups is 1. The lowest BCUT2D eigenvalue weighted by atomic mass is 10.0. The number of nitrogens with two attached hydrogens (primary N) is 1. The molecule has 0 aliphatic heterocycles. The quantitative estimate of drug-likeness (QED) is 0.307. The zero-order valence-corrected chi connectivity index (χ0v) is 19.6. The van der Waals surface area contributed by atoms with Crippen LogP contribution in [0.3, 0.4) is 0 Å². The van der Waals surface area contributed by atoms with Crippen molar-refractivity contribution >= 4 is 28.3 Å². The Bertz CT molecular complexity index is 1320. The normalized spacial score (nSPS) is 17.3. The van der Waals surface area contributed by atoms with Crippen LogP contribution in [0.1, 0.15) is 12.8 Å². The number of hydrogen-bond acceptors (Lipinski definition) is 10. The van der Waals surface area contributed by atoms with Crippen molar-refractivity contribution in [3.63, 3.8) is 0 Å². The van der Waals surface area contributed by atoms with Crippen LogP contribution >= 0.6 is 0 Å². The van der Waals surface area contributed by atoms with Crippen molar-refractivity contribution in [1.29, 1.82) is 0 Å². The van der Waals surface area contributed by atoms with Crippen molar-refractivity contribution in [3.8, 4) is 11.6 Å². The number of fused-ring (bicyclic) bond motifs is 3. The van der Waals surface area contributed by atoms with Crippen LogP contribution in [0.5, 0.6) is 0 Å². The minimum atomic E-state index is 0.157. The molecule has 4 aromatic rings.